The van der Waals surface area contributed by atoms with Crippen LogP contribution in [0.3, 0.4) is 0 Å². The minimum Gasteiger partial charge on any atom is -0.545 e. The van der Waals surface area contributed by atoms with Crippen molar-refractivity contribution in [2.24, 2.45) is 0 Å². The number of hydrogen-bond donors (Lipinski definition) is 1. The van der Waals surface area contributed by atoms with Crippen LogP contribution in [0.25, 0.3) is 11.1 Å². The van der Waals surface area contributed by atoms with Crippen molar-refractivity contribution in [2.45, 2.75) is 0 Å². The SMILES string of the molecule is C[NH+](C)CCOc1ccc(-c2ccc(Cl)cc2C(=O)[O-])cc1. The van der Waals surface area contributed by atoms with Gasteiger partial charge < -0.3 is 19.5 Å². The van der Waals surface area contributed by atoms with Crippen LogP contribution in [0.1, 0.15) is 10.4 Å². The number of carboxylic acids is 1. The number of likely N-dealkylation sites (N-methyl/N-ethyl adjacent to an activating group) is 1. The minimum absolute atomic E-state index is 0.0809. The zero-order valence-electron chi connectivity index (χ0n) is 12.6. The number of carbonyl (C=O) groups excluding carboxylic acids is 1. The van der Waals surface area contributed by atoms with Gasteiger partial charge in [0.2, 0.25) is 0 Å². The molecule has 0 fully saturated rings. The molecule has 0 bridgehead atoms. The Morgan fingerprint density at radius 2 is 1.86 bits per heavy atom. The molecule has 5 heteroatoms. The second kappa shape index (κ2) is 7.29. The van der Waals surface area contributed by atoms with E-state index < -0.39 is 5.97 Å². The number of nitrogens with one attached hydrogen (secondary N) is 1. The highest BCUT2D eigenvalue weighted by Crippen LogP contribution is 2.27. The lowest BCUT2D eigenvalue weighted by Crippen LogP contribution is -3.06. The lowest BCUT2D eigenvalue weighted by molar-refractivity contribution is -0.858. The second-order valence-corrected chi connectivity index (χ2v) is 5.74. The molecule has 0 unspecified atom stereocenters. The Bertz CT molecular complexity index is 653. The van der Waals surface area contributed by atoms with E-state index in [1.807, 2.05) is 24.3 Å². The van der Waals surface area contributed by atoms with E-state index in [-0.39, 0.29) is 5.56 Å². The van der Waals surface area contributed by atoms with Gasteiger partial charge in [0.15, 0.2) is 0 Å². The quantitative estimate of drug-likeness (QED) is 0.860. The molecule has 0 spiro atoms. The van der Waals surface area contributed by atoms with E-state index in [1.54, 1.807) is 12.1 Å². The van der Waals surface area contributed by atoms with E-state index in [4.69, 9.17) is 16.3 Å². The number of quaternary nitrogens is 1. The van der Waals surface area contributed by atoms with Crippen molar-refractivity contribution in [3.05, 3.63) is 53.1 Å². The second-order valence-electron chi connectivity index (χ2n) is 5.31. The number of hydrogen-bond acceptors (Lipinski definition) is 3. The van der Waals surface area contributed by atoms with Gasteiger partial charge in [0.05, 0.1) is 20.1 Å². The van der Waals surface area contributed by atoms with Gasteiger partial charge in [-0.25, -0.2) is 0 Å². The van der Waals surface area contributed by atoms with E-state index in [0.29, 0.717) is 17.2 Å². The molecular weight excluding hydrogens is 302 g/mol. The summed E-state index contributed by atoms with van der Waals surface area (Å²) in [4.78, 5) is 12.5. The first-order chi connectivity index (χ1) is 10.5. The Balaban J connectivity index is 2.19. The zero-order valence-corrected chi connectivity index (χ0v) is 13.3. The Hall–Kier alpha value is -2.04. The van der Waals surface area contributed by atoms with Crippen LogP contribution in [0.2, 0.25) is 5.02 Å². The first-order valence-electron chi connectivity index (χ1n) is 7.00. The number of benzene rings is 2. The molecule has 2 rings (SSSR count). The van der Waals surface area contributed by atoms with E-state index >= 15 is 0 Å². The molecule has 2 aromatic carbocycles. The van der Waals surface area contributed by atoms with Gasteiger partial charge in [-0.2, -0.15) is 0 Å². The van der Waals surface area contributed by atoms with Crippen LogP contribution in [0, 0.1) is 0 Å². The molecular formula is C17H18ClNO3. The van der Waals surface area contributed by atoms with Gasteiger partial charge in [-0.05, 0) is 35.4 Å². The van der Waals surface area contributed by atoms with Gasteiger partial charge in [0.25, 0.3) is 0 Å². The lowest BCUT2D eigenvalue weighted by atomic mass is 10.00. The smallest absolute Gasteiger partial charge is 0.137 e. The first kappa shape index (κ1) is 16.3. The summed E-state index contributed by atoms with van der Waals surface area (Å²) in [5.41, 5.74) is 1.44. The summed E-state index contributed by atoms with van der Waals surface area (Å²) in [5, 5.41) is 11.6. The van der Waals surface area contributed by atoms with Gasteiger partial charge >= 0.3 is 0 Å². The largest absolute Gasteiger partial charge is 0.545 e. The molecule has 0 aliphatic rings. The van der Waals surface area contributed by atoms with Crippen molar-refractivity contribution < 1.29 is 19.5 Å². The maximum atomic E-state index is 11.2. The van der Waals surface area contributed by atoms with Crippen LogP contribution in [-0.4, -0.2) is 33.2 Å². The molecule has 1 N–H and O–H groups in total. The van der Waals surface area contributed by atoms with Crippen molar-refractivity contribution in [1.29, 1.82) is 0 Å². The van der Waals surface area contributed by atoms with Crippen LogP contribution in [0.4, 0.5) is 0 Å². The van der Waals surface area contributed by atoms with Gasteiger partial charge in [-0.1, -0.05) is 29.8 Å². The number of aromatic carboxylic acids is 1. The molecule has 0 saturated carbocycles. The van der Waals surface area contributed by atoms with E-state index in [0.717, 1.165) is 17.9 Å². The van der Waals surface area contributed by atoms with Gasteiger partial charge in [0.1, 0.15) is 18.9 Å². The topological polar surface area (TPSA) is 53.8 Å². The van der Waals surface area contributed by atoms with Gasteiger partial charge in [0, 0.05) is 10.6 Å². The Morgan fingerprint density at radius 1 is 1.18 bits per heavy atom. The predicted molar refractivity (Wildman–Crippen MR) is 84.4 cm³/mol. The molecule has 0 saturated heterocycles. The maximum Gasteiger partial charge on any atom is 0.137 e. The molecule has 0 radical (unpaired) electrons. The third-order valence-electron chi connectivity index (χ3n) is 3.24. The summed E-state index contributed by atoms with van der Waals surface area (Å²) in [7, 11) is 4.13. The Morgan fingerprint density at radius 3 is 2.45 bits per heavy atom. The highest BCUT2D eigenvalue weighted by Gasteiger charge is 2.07. The molecule has 0 aromatic heterocycles. The summed E-state index contributed by atoms with van der Waals surface area (Å²) >= 11 is 5.84. The average molecular weight is 320 g/mol. The molecule has 22 heavy (non-hydrogen) atoms. The van der Waals surface area contributed by atoms with Crippen LogP contribution in [0.15, 0.2) is 42.5 Å². The highest BCUT2D eigenvalue weighted by molar-refractivity contribution is 6.31. The average Bonchev–Trinajstić information content (AvgIpc) is 2.47. The van der Waals surface area contributed by atoms with Crippen LogP contribution >= 0.6 is 11.6 Å². The molecule has 116 valence electrons. The fraction of sp³-hybridized carbons (Fsp3) is 0.235. The standard InChI is InChI=1S/C17H18ClNO3/c1-19(2)9-10-22-14-6-3-12(4-7-14)15-8-5-13(18)11-16(15)17(20)21/h3-8,11H,9-10H2,1-2H3,(H,20,21). The van der Waals surface area contributed by atoms with Gasteiger partial charge in [-0.3, -0.25) is 0 Å². The Labute approximate surface area is 134 Å². The molecule has 4 nitrogen and oxygen atoms in total. The van der Waals surface area contributed by atoms with E-state index in [1.165, 1.54) is 11.0 Å². The summed E-state index contributed by atoms with van der Waals surface area (Å²) in [6.45, 7) is 1.54. The Kier molecular flexibility index (Phi) is 5.41. The first-order valence-corrected chi connectivity index (χ1v) is 7.38. The molecule has 0 heterocycles. The van der Waals surface area contributed by atoms with Crippen LogP contribution in [-0.2, 0) is 0 Å². The molecule has 0 atom stereocenters. The maximum absolute atomic E-state index is 11.2. The normalized spacial score (nSPS) is 10.7. The van der Waals surface area contributed by atoms with Crippen LogP contribution < -0.4 is 14.7 Å². The predicted octanol–water partition coefficient (Wildman–Crippen LogP) is 0.894. The molecule has 0 aliphatic heterocycles. The van der Waals surface area contributed by atoms with Crippen molar-refractivity contribution in [3.63, 3.8) is 0 Å². The number of carboxylic acid groups (broad SMARTS) is 1. The zero-order chi connectivity index (χ0) is 16.1. The monoisotopic (exact) mass is 319 g/mol. The molecule has 0 aliphatic carbocycles. The third kappa shape index (κ3) is 4.23. The molecule has 2 aromatic rings. The summed E-state index contributed by atoms with van der Waals surface area (Å²) in [6, 6.07) is 12.0. The van der Waals surface area contributed by atoms with Crippen molar-refractivity contribution in [1.82, 2.24) is 0 Å². The van der Waals surface area contributed by atoms with Crippen molar-refractivity contribution in [3.8, 4) is 16.9 Å². The van der Waals surface area contributed by atoms with Crippen LogP contribution in [0.5, 0.6) is 5.75 Å². The fourth-order valence-corrected chi connectivity index (χ4v) is 2.21. The molecule has 0 amide bonds. The summed E-state index contributed by atoms with van der Waals surface area (Å²) in [6.07, 6.45) is 0. The van der Waals surface area contributed by atoms with Gasteiger partial charge in [-0.15, -0.1) is 0 Å². The highest BCUT2D eigenvalue weighted by atomic mass is 35.5. The van der Waals surface area contributed by atoms with E-state index in [9.17, 15) is 9.90 Å². The number of halogens is 1. The number of carbonyl (C=O) groups is 1. The third-order valence-corrected chi connectivity index (χ3v) is 3.47. The van der Waals surface area contributed by atoms with Crippen molar-refractivity contribution in [2.75, 3.05) is 27.2 Å². The summed E-state index contributed by atoms with van der Waals surface area (Å²) in [5.74, 6) is -0.485. The lowest BCUT2D eigenvalue weighted by Gasteiger charge is -2.12. The number of ether oxygens (including phenoxy) is 1. The number of rotatable bonds is 6. The van der Waals surface area contributed by atoms with E-state index in [2.05, 4.69) is 14.1 Å². The summed E-state index contributed by atoms with van der Waals surface area (Å²) < 4.78 is 5.63. The van der Waals surface area contributed by atoms with Crippen molar-refractivity contribution >= 4 is 17.6 Å². The minimum atomic E-state index is -1.24. The fourth-order valence-electron chi connectivity index (χ4n) is 2.04.